The molecule has 0 aromatic heterocycles. The van der Waals surface area contributed by atoms with Gasteiger partial charge in [0.1, 0.15) is 5.75 Å². The first-order chi connectivity index (χ1) is 13.2. The van der Waals surface area contributed by atoms with Crippen LogP contribution in [0.2, 0.25) is 0 Å². The smallest absolute Gasteiger partial charge is 0.191 e. The fourth-order valence-corrected chi connectivity index (χ4v) is 4.37. The lowest BCUT2D eigenvalue weighted by atomic mass is 9.83. The van der Waals surface area contributed by atoms with E-state index in [0.717, 1.165) is 37.8 Å². The predicted octanol–water partition coefficient (Wildman–Crippen LogP) is 4.11. The molecule has 3 rings (SSSR count). The van der Waals surface area contributed by atoms with Gasteiger partial charge < -0.3 is 20.1 Å². The van der Waals surface area contributed by atoms with Crippen LogP contribution in [0.3, 0.4) is 0 Å². The molecule has 0 bridgehead atoms. The highest BCUT2D eigenvalue weighted by Crippen LogP contribution is 2.48. The van der Waals surface area contributed by atoms with Crippen molar-refractivity contribution in [3.63, 3.8) is 0 Å². The van der Waals surface area contributed by atoms with Crippen molar-refractivity contribution in [2.24, 2.45) is 10.4 Å². The summed E-state index contributed by atoms with van der Waals surface area (Å²) in [4.78, 5) is 4.46. The van der Waals surface area contributed by atoms with E-state index in [-0.39, 0.29) is 29.4 Å². The second-order valence-corrected chi connectivity index (χ2v) is 8.24. The number of halogens is 1. The number of methoxy groups -OCH3 is 2. The topological polar surface area (TPSA) is 54.9 Å². The molecule has 5 nitrogen and oxygen atoms in total. The Hall–Kier alpha value is -1.02. The third-order valence-electron chi connectivity index (χ3n) is 6.51. The lowest BCUT2D eigenvalue weighted by Gasteiger charge is -2.30. The summed E-state index contributed by atoms with van der Waals surface area (Å²) >= 11 is 0. The summed E-state index contributed by atoms with van der Waals surface area (Å²) in [7, 11) is 5.37. The molecule has 0 aliphatic heterocycles. The summed E-state index contributed by atoms with van der Waals surface area (Å²) in [6.45, 7) is 2.74. The van der Waals surface area contributed by atoms with Crippen LogP contribution in [-0.2, 0) is 10.2 Å². The molecule has 1 aromatic carbocycles. The van der Waals surface area contributed by atoms with Crippen molar-refractivity contribution in [2.45, 2.75) is 50.4 Å². The number of ether oxygens (including phenoxy) is 2. The molecule has 0 spiro atoms. The maximum atomic E-state index is 5.35. The summed E-state index contributed by atoms with van der Waals surface area (Å²) in [5, 5.41) is 7.17. The molecule has 0 unspecified atom stereocenters. The third-order valence-corrected chi connectivity index (χ3v) is 6.51. The maximum Gasteiger partial charge on any atom is 0.191 e. The Balaban J connectivity index is 0.00000280. The van der Waals surface area contributed by atoms with E-state index in [2.05, 4.69) is 39.9 Å². The van der Waals surface area contributed by atoms with Crippen LogP contribution in [0.5, 0.6) is 5.75 Å². The Morgan fingerprint density at radius 1 is 1.00 bits per heavy atom. The Morgan fingerprint density at radius 2 is 1.64 bits per heavy atom. The van der Waals surface area contributed by atoms with E-state index >= 15 is 0 Å². The summed E-state index contributed by atoms with van der Waals surface area (Å²) in [5.74, 6) is 1.83. The van der Waals surface area contributed by atoms with Gasteiger partial charge in [0.05, 0.1) is 7.11 Å². The minimum absolute atomic E-state index is 0. The van der Waals surface area contributed by atoms with Crippen LogP contribution in [0.15, 0.2) is 29.3 Å². The van der Waals surface area contributed by atoms with E-state index in [9.17, 15) is 0 Å². The number of nitrogens with zero attached hydrogens (tertiary/aromatic N) is 1. The third kappa shape index (κ3) is 5.75. The normalized spacial score (nSPS) is 19.6. The van der Waals surface area contributed by atoms with Crippen molar-refractivity contribution >= 4 is 29.9 Å². The Labute approximate surface area is 187 Å². The van der Waals surface area contributed by atoms with Crippen LogP contribution in [0, 0.1) is 5.41 Å². The maximum absolute atomic E-state index is 5.35. The van der Waals surface area contributed by atoms with Crippen LogP contribution in [0.1, 0.15) is 50.5 Å². The van der Waals surface area contributed by atoms with Crippen molar-refractivity contribution in [1.29, 1.82) is 0 Å². The molecule has 0 atom stereocenters. The van der Waals surface area contributed by atoms with Gasteiger partial charge in [0.25, 0.3) is 0 Å². The van der Waals surface area contributed by atoms with Crippen LogP contribution in [0.25, 0.3) is 0 Å². The monoisotopic (exact) mass is 501 g/mol. The number of rotatable bonds is 9. The van der Waals surface area contributed by atoms with Crippen LogP contribution in [0.4, 0.5) is 0 Å². The molecule has 0 amide bonds. The molecule has 0 saturated heterocycles. The molecule has 2 aliphatic carbocycles. The zero-order chi connectivity index (χ0) is 19.2. The van der Waals surface area contributed by atoms with Gasteiger partial charge >= 0.3 is 0 Å². The fraction of sp³-hybridized carbons (Fsp3) is 0.682. The molecule has 158 valence electrons. The molecule has 28 heavy (non-hydrogen) atoms. The Morgan fingerprint density at radius 3 is 2.18 bits per heavy atom. The minimum atomic E-state index is 0. The zero-order valence-electron chi connectivity index (χ0n) is 17.6. The molecule has 2 fully saturated rings. The van der Waals surface area contributed by atoms with E-state index < -0.39 is 0 Å². The SMILES string of the molecule is CN=C(NCC1(CCOC)CCCC1)NCC1(c2ccc(OC)cc2)CC1.I. The fourth-order valence-electron chi connectivity index (χ4n) is 4.37. The van der Waals surface area contributed by atoms with Crippen molar-refractivity contribution in [1.82, 2.24) is 10.6 Å². The van der Waals surface area contributed by atoms with Crippen molar-refractivity contribution in [3.8, 4) is 5.75 Å². The number of nitrogens with one attached hydrogen (secondary N) is 2. The molecule has 0 heterocycles. The van der Waals surface area contributed by atoms with E-state index in [1.165, 1.54) is 44.1 Å². The lowest BCUT2D eigenvalue weighted by Crippen LogP contribution is -2.45. The standard InChI is InChI=1S/C22H35N3O2.HI/c1-23-20(24-16-21(14-15-26-2)10-4-5-11-21)25-17-22(12-13-22)18-6-8-19(27-3)9-7-18;/h6-9H,4-5,10-17H2,1-3H3,(H2,23,24,25);1H. The lowest BCUT2D eigenvalue weighted by molar-refractivity contribution is 0.138. The molecule has 2 saturated carbocycles. The Kier molecular flexibility index (Phi) is 8.86. The quantitative estimate of drug-likeness (QED) is 0.304. The first-order valence-electron chi connectivity index (χ1n) is 10.2. The molecule has 2 aliphatic rings. The van der Waals surface area contributed by atoms with E-state index in [1.807, 2.05) is 7.05 Å². The van der Waals surface area contributed by atoms with E-state index in [1.54, 1.807) is 14.2 Å². The molecule has 2 N–H and O–H groups in total. The zero-order valence-corrected chi connectivity index (χ0v) is 19.9. The summed E-state index contributed by atoms with van der Waals surface area (Å²) < 4.78 is 10.6. The van der Waals surface area contributed by atoms with Gasteiger partial charge in [-0.05, 0) is 55.2 Å². The van der Waals surface area contributed by atoms with Gasteiger partial charge in [0.2, 0.25) is 0 Å². The second-order valence-electron chi connectivity index (χ2n) is 8.24. The van der Waals surface area contributed by atoms with Gasteiger partial charge in [-0.3, -0.25) is 4.99 Å². The molecule has 6 heteroatoms. The van der Waals surface area contributed by atoms with Gasteiger partial charge in [-0.2, -0.15) is 0 Å². The summed E-state index contributed by atoms with van der Waals surface area (Å²) in [6, 6.07) is 8.51. The number of aliphatic imine (C=N–C) groups is 1. The average molecular weight is 501 g/mol. The first kappa shape index (κ1) is 23.3. The van der Waals surface area contributed by atoms with Crippen molar-refractivity contribution in [3.05, 3.63) is 29.8 Å². The average Bonchev–Trinajstić information content (AvgIpc) is 3.37. The number of guanidine groups is 1. The summed E-state index contributed by atoms with van der Waals surface area (Å²) in [6.07, 6.45) is 8.81. The minimum Gasteiger partial charge on any atom is -0.497 e. The number of hydrogen-bond donors (Lipinski definition) is 2. The van der Waals surface area contributed by atoms with Crippen molar-refractivity contribution in [2.75, 3.05) is 41.0 Å². The molecular formula is C22H36IN3O2. The van der Waals surface area contributed by atoms with E-state index in [0.29, 0.717) is 5.41 Å². The van der Waals surface area contributed by atoms with Crippen molar-refractivity contribution < 1.29 is 9.47 Å². The second kappa shape index (κ2) is 10.7. The van der Waals surface area contributed by atoms with Gasteiger partial charge in [-0.1, -0.05) is 25.0 Å². The van der Waals surface area contributed by atoms with Gasteiger partial charge in [0.15, 0.2) is 5.96 Å². The van der Waals surface area contributed by atoms with Gasteiger partial charge in [-0.15, -0.1) is 24.0 Å². The van der Waals surface area contributed by atoms with Crippen LogP contribution < -0.4 is 15.4 Å². The summed E-state index contributed by atoms with van der Waals surface area (Å²) in [5.41, 5.74) is 1.99. The highest BCUT2D eigenvalue weighted by molar-refractivity contribution is 14.0. The first-order valence-corrected chi connectivity index (χ1v) is 10.2. The van der Waals surface area contributed by atoms with Gasteiger partial charge in [-0.25, -0.2) is 0 Å². The van der Waals surface area contributed by atoms with E-state index in [4.69, 9.17) is 9.47 Å². The highest BCUT2D eigenvalue weighted by atomic mass is 127. The number of benzene rings is 1. The molecule has 0 radical (unpaired) electrons. The van der Waals surface area contributed by atoms with Crippen LogP contribution >= 0.6 is 24.0 Å². The largest absolute Gasteiger partial charge is 0.497 e. The predicted molar refractivity (Wildman–Crippen MR) is 126 cm³/mol. The molecule has 1 aromatic rings. The Bertz CT molecular complexity index is 623. The van der Waals surface area contributed by atoms with Crippen LogP contribution in [-0.4, -0.2) is 46.9 Å². The number of hydrogen-bond acceptors (Lipinski definition) is 3. The highest BCUT2D eigenvalue weighted by Gasteiger charge is 2.44. The molecular weight excluding hydrogens is 465 g/mol. The van der Waals surface area contributed by atoms with Gasteiger partial charge in [0, 0.05) is 39.3 Å².